The quantitative estimate of drug-likeness (QED) is 0.891. The van der Waals surface area contributed by atoms with Crippen molar-refractivity contribution in [1.82, 2.24) is 19.7 Å². The van der Waals surface area contributed by atoms with Crippen LogP contribution < -0.4 is 0 Å². The van der Waals surface area contributed by atoms with Crippen molar-refractivity contribution in [3.8, 4) is 0 Å². The molecule has 1 N–H and O–H groups in total. The van der Waals surface area contributed by atoms with Gasteiger partial charge >= 0.3 is 0 Å². The lowest BCUT2D eigenvalue weighted by molar-refractivity contribution is -0.0549. The second kappa shape index (κ2) is 6.07. The summed E-state index contributed by atoms with van der Waals surface area (Å²) >= 11 is 0. The van der Waals surface area contributed by atoms with Crippen LogP contribution in [0.4, 0.5) is 0 Å². The highest BCUT2D eigenvalue weighted by atomic mass is 16.5. The Labute approximate surface area is 143 Å². The highest BCUT2D eigenvalue weighted by Crippen LogP contribution is 2.45. The van der Waals surface area contributed by atoms with Crippen LogP contribution in [0.3, 0.4) is 0 Å². The first-order chi connectivity index (χ1) is 11.8. The highest BCUT2D eigenvalue weighted by Gasteiger charge is 2.40. The Morgan fingerprint density at radius 1 is 1.08 bits per heavy atom. The van der Waals surface area contributed by atoms with Gasteiger partial charge in [-0.05, 0) is 38.5 Å². The van der Waals surface area contributed by atoms with Gasteiger partial charge in [0.15, 0.2) is 0 Å². The second-order valence-electron chi connectivity index (χ2n) is 8.12. The molecule has 3 saturated carbocycles. The third-order valence-electron chi connectivity index (χ3n) is 6.30. The fraction of sp³-hybridized carbons (Fsp3) is 0.889. The molecule has 6 nitrogen and oxygen atoms in total. The predicted octanol–water partition coefficient (Wildman–Crippen LogP) is 1.85. The molecule has 0 amide bonds. The molecule has 3 aliphatic carbocycles. The minimum Gasteiger partial charge on any atom is -0.393 e. The highest BCUT2D eigenvalue weighted by molar-refractivity contribution is 5.12. The van der Waals surface area contributed by atoms with E-state index in [1.165, 1.54) is 31.5 Å². The van der Waals surface area contributed by atoms with Gasteiger partial charge in [0.25, 0.3) is 0 Å². The van der Waals surface area contributed by atoms with Crippen LogP contribution in [-0.4, -0.2) is 56.7 Å². The number of aliphatic hydroxyl groups is 1. The maximum Gasteiger partial charge on any atom is 0.147 e. The van der Waals surface area contributed by atoms with Crippen molar-refractivity contribution in [2.45, 2.75) is 75.6 Å². The molecule has 132 valence electrons. The molecule has 3 atom stereocenters. The maximum atomic E-state index is 10.3. The number of ether oxygens (including phenoxy) is 1. The topological polar surface area (TPSA) is 63.4 Å². The smallest absolute Gasteiger partial charge is 0.147 e. The second-order valence-corrected chi connectivity index (χ2v) is 8.12. The van der Waals surface area contributed by atoms with Gasteiger partial charge in [0.1, 0.15) is 11.6 Å². The Bertz CT molecular complexity index is 596. The fourth-order valence-electron chi connectivity index (χ4n) is 4.64. The minimum atomic E-state index is -0.164. The van der Waals surface area contributed by atoms with Crippen molar-refractivity contribution < 1.29 is 9.84 Å². The molecule has 0 spiro atoms. The largest absolute Gasteiger partial charge is 0.393 e. The Morgan fingerprint density at radius 3 is 2.67 bits per heavy atom. The molecule has 0 aromatic carbocycles. The van der Waals surface area contributed by atoms with Crippen molar-refractivity contribution in [2.75, 3.05) is 19.8 Å². The molecular weight excluding hydrogens is 304 g/mol. The van der Waals surface area contributed by atoms with Gasteiger partial charge in [-0.25, -0.2) is 0 Å². The van der Waals surface area contributed by atoms with Crippen LogP contribution in [0.5, 0.6) is 0 Å². The van der Waals surface area contributed by atoms with Crippen LogP contribution in [0, 0.1) is 5.92 Å². The molecule has 4 fully saturated rings. The van der Waals surface area contributed by atoms with Crippen LogP contribution in [0.25, 0.3) is 0 Å². The molecular formula is C18H28N4O2. The molecule has 1 aromatic rings. The number of nitrogens with zero attached hydrogens (tertiary/aromatic N) is 4. The van der Waals surface area contributed by atoms with Crippen molar-refractivity contribution in [3.05, 3.63) is 11.6 Å². The van der Waals surface area contributed by atoms with E-state index in [1.54, 1.807) is 0 Å². The molecule has 2 heterocycles. The summed E-state index contributed by atoms with van der Waals surface area (Å²) in [7, 11) is 0. The Hall–Kier alpha value is -0.980. The maximum absolute atomic E-state index is 10.3. The number of aromatic nitrogens is 3. The Morgan fingerprint density at radius 2 is 1.96 bits per heavy atom. The van der Waals surface area contributed by atoms with Gasteiger partial charge in [-0.2, -0.15) is 0 Å². The van der Waals surface area contributed by atoms with E-state index >= 15 is 0 Å². The lowest BCUT2D eigenvalue weighted by atomic mass is 9.94. The molecule has 0 bridgehead atoms. The standard InChI is InChI=1S/C18H28N4O2/c23-16-3-1-2-14(16)15-11-24-9-8-21(15)10-17-19-20-18(12-4-5-12)22(17)13-6-7-13/h12-16,23H,1-11H2/t14-,15-,16-/m1/s1. The lowest BCUT2D eigenvalue weighted by Gasteiger charge is -2.39. The molecule has 0 unspecified atom stereocenters. The van der Waals surface area contributed by atoms with E-state index in [0.29, 0.717) is 23.9 Å². The first-order valence-electron chi connectivity index (χ1n) is 9.75. The number of aliphatic hydroxyl groups excluding tert-OH is 1. The molecule has 5 rings (SSSR count). The zero-order chi connectivity index (χ0) is 16.1. The minimum absolute atomic E-state index is 0.164. The Kier molecular flexibility index (Phi) is 3.87. The van der Waals surface area contributed by atoms with Crippen molar-refractivity contribution in [3.63, 3.8) is 0 Å². The van der Waals surface area contributed by atoms with Crippen LogP contribution in [0.1, 0.15) is 68.6 Å². The van der Waals surface area contributed by atoms with Gasteiger partial charge in [-0.1, -0.05) is 6.42 Å². The average molecular weight is 332 g/mol. The summed E-state index contributed by atoms with van der Waals surface area (Å²) in [5.41, 5.74) is 0. The third-order valence-corrected chi connectivity index (χ3v) is 6.30. The van der Waals surface area contributed by atoms with Gasteiger partial charge in [-0.15, -0.1) is 10.2 Å². The molecule has 1 aromatic heterocycles. The normalized spacial score (nSPS) is 34.8. The summed E-state index contributed by atoms with van der Waals surface area (Å²) in [5.74, 6) is 3.38. The first-order valence-corrected chi connectivity index (χ1v) is 9.75. The van der Waals surface area contributed by atoms with Gasteiger partial charge < -0.3 is 14.4 Å². The number of hydrogen-bond acceptors (Lipinski definition) is 5. The van der Waals surface area contributed by atoms with E-state index in [2.05, 4.69) is 19.7 Å². The first kappa shape index (κ1) is 15.3. The van der Waals surface area contributed by atoms with Gasteiger partial charge in [0.05, 0.1) is 25.9 Å². The van der Waals surface area contributed by atoms with E-state index in [9.17, 15) is 5.11 Å². The summed E-state index contributed by atoms with van der Waals surface area (Å²) in [6.45, 7) is 3.32. The van der Waals surface area contributed by atoms with Gasteiger partial charge in [0.2, 0.25) is 0 Å². The number of hydrogen-bond donors (Lipinski definition) is 1. The third kappa shape index (κ3) is 2.78. The summed E-state index contributed by atoms with van der Waals surface area (Å²) in [6.07, 6.45) is 8.14. The van der Waals surface area contributed by atoms with E-state index in [0.717, 1.165) is 51.4 Å². The van der Waals surface area contributed by atoms with Crippen LogP contribution in [-0.2, 0) is 11.3 Å². The fourth-order valence-corrected chi connectivity index (χ4v) is 4.64. The predicted molar refractivity (Wildman–Crippen MR) is 88.6 cm³/mol. The van der Waals surface area contributed by atoms with Crippen LogP contribution in [0.2, 0.25) is 0 Å². The summed E-state index contributed by atoms with van der Waals surface area (Å²) in [5, 5.41) is 19.5. The average Bonchev–Trinajstić information content (AvgIpc) is 3.52. The SMILES string of the molecule is O[C@@H]1CCC[C@@H]1[C@H]1COCCN1Cc1nnc(C2CC2)n1C1CC1. The van der Waals surface area contributed by atoms with Gasteiger partial charge in [0, 0.05) is 30.5 Å². The number of rotatable bonds is 5. The lowest BCUT2D eigenvalue weighted by Crippen LogP contribution is -2.50. The molecule has 4 aliphatic rings. The van der Waals surface area contributed by atoms with Crippen LogP contribution in [0.15, 0.2) is 0 Å². The molecule has 1 saturated heterocycles. The summed E-state index contributed by atoms with van der Waals surface area (Å²) < 4.78 is 8.21. The monoisotopic (exact) mass is 332 g/mol. The zero-order valence-corrected chi connectivity index (χ0v) is 14.3. The van der Waals surface area contributed by atoms with E-state index in [1.807, 2.05) is 0 Å². The number of morpholine rings is 1. The summed E-state index contributed by atoms with van der Waals surface area (Å²) in [4.78, 5) is 2.50. The van der Waals surface area contributed by atoms with E-state index in [4.69, 9.17) is 4.74 Å². The molecule has 0 radical (unpaired) electrons. The van der Waals surface area contributed by atoms with E-state index in [-0.39, 0.29) is 6.10 Å². The van der Waals surface area contributed by atoms with Crippen LogP contribution >= 0.6 is 0 Å². The molecule has 24 heavy (non-hydrogen) atoms. The van der Waals surface area contributed by atoms with Crippen molar-refractivity contribution in [1.29, 1.82) is 0 Å². The van der Waals surface area contributed by atoms with E-state index < -0.39 is 0 Å². The summed E-state index contributed by atoms with van der Waals surface area (Å²) in [6, 6.07) is 0.965. The Balaban J connectivity index is 1.37. The molecule has 1 aliphatic heterocycles. The van der Waals surface area contributed by atoms with Crippen molar-refractivity contribution in [2.24, 2.45) is 5.92 Å². The zero-order valence-electron chi connectivity index (χ0n) is 14.3. The van der Waals surface area contributed by atoms with Crippen molar-refractivity contribution >= 4 is 0 Å². The molecule has 6 heteroatoms. The van der Waals surface area contributed by atoms with Gasteiger partial charge in [-0.3, -0.25) is 4.90 Å².